The van der Waals surface area contributed by atoms with Crippen molar-refractivity contribution >= 4 is 5.84 Å². The fourth-order valence-corrected chi connectivity index (χ4v) is 1.70. The lowest BCUT2D eigenvalue weighted by Gasteiger charge is -2.23. The maximum atomic E-state index is 7.41. The number of pyridine rings is 1. The molecule has 17 heavy (non-hydrogen) atoms. The van der Waals surface area contributed by atoms with Crippen LogP contribution in [0.15, 0.2) is 24.5 Å². The van der Waals surface area contributed by atoms with Crippen LogP contribution in [0.25, 0.3) is 0 Å². The van der Waals surface area contributed by atoms with Crippen LogP contribution in [-0.4, -0.2) is 35.4 Å². The van der Waals surface area contributed by atoms with Gasteiger partial charge < -0.3 is 10.6 Å². The molecule has 1 rings (SSSR count). The summed E-state index contributed by atoms with van der Waals surface area (Å²) in [5.74, 6) is 0.397. The molecule has 0 radical (unpaired) electrons. The molecule has 0 fully saturated rings. The van der Waals surface area contributed by atoms with Gasteiger partial charge >= 0.3 is 0 Å². The summed E-state index contributed by atoms with van der Waals surface area (Å²) in [6.07, 6.45) is 4.69. The predicted octanol–water partition coefficient (Wildman–Crippen LogP) is 1.52. The van der Waals surface area contributed by atoms with Gasteiger partial charge in [-0.05, 0) is 24.6 Å². The number of aromatic nitrogens is 1. The van der Waals surface area contributed by atoms with Crippen molar-refractivity contribution in [2.75, 3.05) is 19.6 Å². The monoisotopic (exact) mass is 234 g/mol. The zero-order chi connectivity index (χ0) is 12.7. The highest BCUT2D eigenvalue weighted by Gasteiger charge is 2.10. The average Bonchev–Trinajstić information content (AvgIpc) is 2.35. The number of nitrogens with two attached hydrogens (primary N) is 1. The van der Waals surface area contributed by atoms with Gasteiger partial charge in [0, 0.05) is 31.4 Å². The molecule has 1 aromatic rings. The van der Waals surface area contributed by atoms with Gasteiger partial charge in [-0.2, -0.15) is 0 Å². The molecule has 0 saturated heterocycles. The van der Waals surface area contributed by atoms with Gasteiger partial charge in [-0.15, -0.1) is 0 Å². The predicted molar refractivity (Wildman–Crippen MR) is 71.1 cm³/mol. The maximum absolute atomic E-state index is 7.41. The van der Waals surface area contributed by atoms with E-state index in [9.17, 15) is 0 Å². The summed E-state index contributed by atoms with van der Waals surface area (Å²) in [6.45, 7) is 6.95. The van der Waals surface area contributed by atoms with E-state index in [0.29, 0.717) is 0 Å². The van der Waals surface area contributed by atoms with Crippen molar-refractivity contribution in [3.8, 4) is 0 Å². The molecule has 0 saturated carbocycles. The molecule has 1 aromatic heterocycles. The molecule has 4 heteroatoms. The van der Waals surface area contributed by atoms with Gasteiger partial charge in [-0.1, -0.05) is 19.9 Å². The molecule has 0 aliphatic rings. The highest BCUT2D eigenvalue weighted by molar-refractivity contribution is 5.79. The van der Waals surface area contributed by atoms with Crippen LogP contribution in [0.4, 0.5) is 0 Å². The highest BCUT2D eigenvalue weighted by Crippen LogP contribution is 2.03. The Kier molecular flexibility index (Phi) is 5.63. The number of nitrogens with one attached hydrogen (secondary N) is 1. The Morgan fingerprint density at radius 3 is 2.88 bits per heavy atom. The van der Waals surface area contributed by atoms with Gasteiger partial charge in [-0.3, -0.25) is 10.4 Å². The average molecular weight is 234 g/mol. The van der Waals surface area contributed by atoms with Crippen LogP contribution < -0.4 is 5.73 Å². The van der Waals surface area contributed by atoms with E-state index >= 15 is 0 Å². The second-order valence-corrected chi connectivity index (χ2v) is 4.36. The van der Waals surface area contributed by atoms with Crippen molar-refractivity contribution in [2.45, 2.75) is 20.3 Å². The number of nitrogens with zero attached hydrogens (tertiary/aromatic N) is 2. The van der Waals surface area contributed by atoms with Crippen molar-refractivity contribution in [3.63, 3.8) is 0 Å². The zero-order valence-electron chi connectivity index (χ0n) is 10.7. The number of amidine groups is 1. The minimum absolute atomic E-state index is 0.129. The normalized spacial score (nSPS) is 12.6. The third-order valence-electron chi connectivity index (χ3n) is 2.95. The van der Waals surface area contributed by atoms with Gasteiger partial charge in [0.1, 0.15) is 0 Å². The molecular formula is C13H22N4. The first-order chi connectivity index (χ1) is 8.13. The SMILES string of the molecule is CCN(CCc1cccnc1)CC(C)C(=N)N. The smallest absolute Gasteiger partial charge is 0.0947 e. The number of hydrogen-bond donors (Lipinski definition) is 2. The van der Waals surface area contributed by atoms with Crippen molar-refractivity contribution in [1.29, 1.82) is 5.41 Å². The second kappa shape index (κ2) is 7.01. The summed E-state index contributed by atoms with van der Waals surface area (Å²) in [5.41, 5.74) is 6.74. The lowest BCUT2D eigenvalue weighted by Crippen LogP contribution is -2.35. The summed E-state index contributed by atoms with van der Waals surface area (Å²) in [4.78, 5) is 6.42. The van der Waals surface area contributed by atoms with E-state index < -0.39 is 0 Å². The van der Waals surface area contributed by atoms with Crippen LogP contribution in [-0.2, 0) is 6.42 Å². The Hall–Kier alpha value is -1.42. The minimum Gasteiger partial charge on any atom is -0.387 e. The summed E-state index contributed by atoms with van der Waals surface area (Å²) in [7, 11) is 0. The third-order valence-corrected chi connectivity index (χ3v) is 2.95. The number of likely N-dealkylation sites (N-methyl/N-ethyl adjacent to an activating group) is 1. The summed E-state index contributed by atoms with van der Waals surface area (Å²) >= 11 is 0. The van der Waals surface area contributed by atoms with Crippen LogP contribution in [0.5, 0.6) is 0 Å². The molecule has 1 heterocycles. The first-order valence-electron chi connectivity index (χ1n) is 6.08. The summed E-state index contributed by atoms with van der Waals surface area (Å²) in [6, 6.07) is 4.05. The maximum Gasteiger partial charge on any atom is 0.0947 e. The molecule has 0 aliphatic heterocycles. The largest absolute Gasteiger partial charge is 0.387 e. The zero-order valence-corrected chi connectivity index (χ0v) is 10.7. The number of hydrogen-bond acceptors (Lipinski definition) is 3. The molecule has 1 atom stereocenters. The molecule has 0 amide bonds. The van der Waals surface area contributed by atoms with Gasteiger partial charge in [0.05, 0.1) is 5.84 Å². The molecule has 0 aliphatic carbocycles. The van der Waals surface area contributed by atoms with Crippen molar-refractivity contribution in [1.82, 2.24) is 9.88 Å². The molecule has 0 spiro atoms. The first-order valence-corrected chi connectivity index (χ1v) is 6.08. The Morgan fingerprint density at radius 1 is 1.59 bits per heavy atom. The van der Waals surface area contributed by atoms with Gasteiger partial charge in [0.2, 0.25) is 0 Å². The van der Waals surface area contributed by atoms with Gasteiger partial charge in [-0.25, -0.2) is 0 Å². The van der Waals surface area contributed by atoms with Crippen molar-refractivity contribution in [3.05, 3.63) is 30.1 Å². The Balaban J connectivity index is 2.40. The third kappa shape index (κ3) is 4.95. The summed E-state index contributed by atoms with van der Waals surface area (Å²) in [5, 5.41) is 7.41. The Labute approximate surface area is 103 Å². The molecule has 1 unspecified atom stereocenters. The van der Waals surface area contributed by atoms with Crippen LogP contribution in [0.2, 0.25) is 0 Å². The lowest BCUT2D eigenvalue weighted by atomic mass is 10.1. The van der Waals surface area contributed by atoms with E-state index in [1.165, 1.54) is 5.56 Å². The van der Waals surface area contributed by atoms with Crippen molar-refractivity contribution < 1.29 is 0 Å². The highest BCUT2D eigenvalue weighted by atomic mass is 15.1. The number of rotatable bonds is 7. The quantitative estimate of drug-likeness (QED) is 0.555. The summed E-state index contributed by atoms with van der Waals surface area (Å²) < 4.78 is 0. The van der Waals surface area contributed by atoms with E-state index in [-0.39, 0.29) is 11.8 Å². The van der Waals surface area contributed by atoms with Crippen LogP contribution in [0.1, 0.15) is 19.4 Å². The van der Waals surface area contributed by atoms with E-state index in [1.54, 1.807) is 6.20 Å². The molecule has 3 N–H and O–H groups in total. The lowest BCUT2D eigenvalue weighted by molar-refractivity contribution is 0.274. The Morgan fingerprint density at radius 2 is 2.35 bits per heavy atom. The molecule has 4 nitrogen and oxygen atoms in total. The fraction of sp³-hybridized carbons (Fsp3) is 0.538. The van der Waals surface area contributed by atoms with Crippen LogP contribution in [0.3, 0.4) is 0 Å². The standard InChI is InChI=1S/C13H22N4/c1-3-17(10-11(2)13(14)15)8-6-12-5-4-7-16-9-12/h4-5,7,9,11H,3,6,8,10H2,1-2H3,(H3,14,15). The van der Waals surface area contributed by atoms with E-state index in [1.807, 2.05) is 19.2 Å². The second-order valence-electron chi connectivity index (χ2n) is 4.36. The van der Waals surface area contributed by atoms with E-state index in [4.69, 9.17) is 11.1 Å². The molecule has 0 bridgehead atoms. The minimum atomic E-state index is 0.129. The van der Waals surface area contributed by atoms with Crippen LogP contribution in [0, 0.1) is 11.3 Å². The molecular weight excluding hydrogens is 212 g/mol. The topological polar surface area (TPSA) is 66.0 Å². The fourth-order valence-electron chi connectivity index (χ4n) is 1.70. The van der Waals surface area contributed by atoms with Gasteiger partial charge in [0.25, 0.3) is 0 Å². The van der Waals surface area contributed by atoms with Crippen LogP contribution >= 0.6 is 0 Å². The molecule has 94 valence electrons. The Bertz CT molecular complexity index is 337. The first kappa shape index (κ1) is 13.6. The van der Waals surface area contributed by atoms with E-state index in [0.717, 1.165) is 26.1 Å². The van der Waals surface area contributed by atoms with Gasteiger partial charge in [0.15, 0.2) is 0 Å². The molecule has 0 aromatic carbocycles. The van der Waals surface area contributed by atoms with E-state index in [2.05, 4.69) is 22.9 Å². The van der Waals surface area contributed by atoms with Crippen molar-refractivity contribution in [2.24, 2.45) is 11.7 Å².